The third kappa shape index (κ3) is 4.26. The number of halogens is 3. The molecule has 0 bridgehead atoms. The molecular formula is C17H9F3O9. The van der Waals surface area contributed by atoms with Crippen molar-refractivity contribution < 1.29 is 57.5 Å². The summed E-state index contributed by atoms with van der Waals surface area (Å²) in [6.45, 7) is 0. The Morgan fingerprint density at radius 3 is 1.69 bits per heavy atom. The molecule has 0 aliphatic carbocycles. The van der Waals surface area contributed by atoms with Crippen LogP contribution < -0.4 is 4.74 Å². The zero-order valence-electron chi connectivity index (χ0n) is 13.9. The second-order valence-corrected chi connectivity index (χ2v) is 5.39. The van der Waals surface area contributed by atoms with Crippen molar-refractivity contribution in [2.45, 2.75) is 6.18 Å². The summed E-state index contributed by atoms with van der Waals surface area (Å²) in [6, 6.07) is 3.42. The summed E-state index contributed by atoms with van der Waals surface area (Å²) in [5.74, 6) is -9.05. The van der Waals surface area contributed by atoms with Crippen LogP contribution in [0.25, 0.3) is 0 Å². The van der Waals surface area contributed by atoms with Crippen LogP contribution in [0, 0.1) is 0 Å². The van der Waals surface area contributed by atoms with Crippen LogP contribution in [0.3, 0.4) is 0 Å². The Kier molecular flexibility index (Phi) is 5.48. The Morgan fingerprint density at radius 2 is 1.24 bits per heavy atom. The Bertz CT molecular complexity index is 1040. The molecule has 0 spiro atoms. The smallest absolute Gasteiger partial charge is 0.420 e. The van der Waals surface area contributed by atoms with E-state index in [0.717, 1.165) is 12.1 Å². The molecule has 0 saturated heterocycles. The van der Waals surface area contributed by atoms with Crippen LogP contribution in [0.2, 0.25) is 0 Å². The molecule has 0 atom stereocenters. The predicted octanol–water partition coefficient (Wildman–Crippen LogP) is 3.29. The first kappa shape index (κ1) is 21.2. The number of alkyl halides is 3. The normalized spacial score (nSPS) is 11.0. The number of rotatable bonds is 6. The van der Waals surface area contributed by atoms with Gasteiger partial charge in [0.25, 0.3) is 0 Å². The molecule has 12 heteroatoms. The van der Waals surface area contributed by atoms with Crippen molar-refractivity contribution in [2.75, 3.05) is 0 Å². The maximum atomic E-state index is 13.5. The van der Waals surface area contributed by atoms with Crippen LogP contribution >= 0.6 is 0 Å². The third-order valence-corrected chi connectivity index (χ3v) is 3.57. The van der Waals surface area contributed by atoms with E-state index >= 15 is 0 Å². The fourth-order valence-electron chi connectivity index (χ4n) is 2.43. The number of hydrogen-bond acceptors (Lipinski definition) is 5. The van der Waals surface area contributed by atoms with Crippen molar-refractivity contribution in [3.63, 3.8) is 0 Å². The van der Waals surface area contributed by atoms with Gasteiger partial charge in [0.1, 0.15) is 17.1 Å². The van der Waals surface area contributed by atoms with E-state index in [1.807, 2.05) is 0 Å². The van der Waals surface area contributed by atoms with Crippen molar-refractivity contribution in [1.29, 1.82) is 0 Å². The van der Waals surface area contributed by atoms with E-state index in [1.54, 1.807) is 0 Å². The van der Waals surface area contributed by atoms with Crippen LogP contribution in [0.4, 0.5) is 13.2 Å². The monoisotopic (exact) mass is 414 g/mol. The van der Waals surface area contributed by atoms with Gasteiger partial charge in [-0.1, -0.05) is 0 Å². The minimum atomic E-state index is -5.34. The number of benzene rings is 2. The second-order valence-electron chi connectivity index (χ2n) is 5.39. The van der Waals surface area contributed by atoms with Gasteiger partial charge in [0.15, 0.2) is 0 Å². The van der Waals surface area contributed by atoms with Gasteiger partial charge in [0, 0.05) is 0 Å². The Labute approximate surface area is 158 Å². The lowest BCUT2D eigenvalue weighted by molar-refractivity contribution is -0.139. The highest BCUT2D eigenvalue weighted by Crippen LogP contribution is 2.42. The number of hydrogen-bond donors (Lipinski definition) is 4. The molecule has 152 valence electrons. The molecule has 0 aliphatic heterocycles. The molecule has 0 radical (unpaired) electrons. The number of carbonyl (C=O) groups is 4. The summed E-state index contributed by atoms with van der Waals surface area (Å²) in [7, 11) is 0. The number of ether oxygens (including phenoxy) is 1. The highest BCUT2D eigenvalue weighted by Gasteiger charge is 2.41. The van der Waals surface area contributed by atoms with E-state index in [-0.39, 0.29) is 0 Å². The molecule has 2 rings (SSSR count). The lowest BCUT2D eigenvalue weighted by Crippen LogP contribution is -2.19. The van der Waals surface area contributed by atoms with Gasteiger partial charge >= 0.3 is 30.1 Å². The average Bonchev–Trinajstić information content (AvgIpc) is 2.59. The SMILES string of the molecule is O=C(O)c1ccc(Oc2ccc(C(=O)O)c(C(=O)O)c2C(F)(F)F)cc1C(=O)O. The minimum absolute atomic E-state index is 0.544. The van der Waals surface area contributed by atoms with Crippen molar-refractivity contribution in [1.82, 2.24) is 0 Å². The lowest BCUT2D eigenvalue weighted by atomic mass is 9.99. The molecule has 4 N–H and O–H groups in total. The zero-order chi connectivity index (χ0) is 22.1. The molecule has 0 saturated carbocycles. The van der Waals surface area contributed by atoms with Gasteiger partial charge in [0.05, 0.1) is 22.3 Å². The maximum Gasteiger partial charge on any atom is 0.420 e. The highest BCUT2D eigenvalue weighted by molar-refractivity contribution is 6.04. The summed E-state index contributed by atoms with van der Waals surface area (Å²) >= 11 is 0. The molecule has 0 fully saturated rings. The van der Waals surface area contributed by atoms with E-state index in [0.29, 0.717) is 18.2 Å². The standard InChI is InChI=1S/C17H9F3O9/c18-17(19,20)12-10(4-3-8(14(23)24)11(12)16(27)28)29-6-1-2-7(13(21)22)9(5-6)15(25)26/h1-5H,(H,21,22)(H,23,24)(H,25,26)(H,27,28). The topological polar surface area (TPSA) is 158 Å². The zero-order valence-corrected chi connectivity index (χ0v) is 13.9. The van der Waals surface area contributed by atoms with Gasteiger partial charge in [0.2, 0.25) is 0 Å². The van der Waals surface area contributed by atoms with Gasteiger partial charge in [-0.25, -0.2) is 19.2 Å². The lowest BCUT2D eigenvalue weighted by Gasteiger charge is -2.18. The van der Waals surface area contributed by atoms with Crippen LogP contribution in [0.15, 0.2) is 30.3 Å². The first-order valence-corrected chi connectivity index (χ1v) is 7.33. The van der Waals surface area contributed by atoms with Crippen molar-refractivity contribution in [2.24, 2.45) is 0 Å². The van der Waals surface area contributed by atoms with E-state index in [9.17, 15) is 32.3 Å². The van der Waals surface area contributed by atoms with Crippen LogP contribution in [-0.2, 0) is 6.18 Å². The van der Waals surface area contributed by atoms with Crippen molar-refractivity contribution >= 4 is 23.9 Å². The van der Waals surface area contributed by atoms with Gasteiger partial charge in [-0.05, 0) is 30.3 Å². The summed E-state index contributed by atoms with van der Waals surface area (Å²) < 4.78 is 45.4. The van der Waals surface area contributed by atoms with Crippen LogP contribution in [0.1, 0.15) is 47.0 Å². The molecule has 0 heterocycles. The van der Waals surface area contributed by atoms with E-state index in [4.69, 9.17) is 25.2 Å². The van der Waals surface area contributed by atoms with E-state index < -0.39 is 69.4 Å². The second kappa shape index (κ2) is 7.50. The third-order valence-electron chi connectivity index (χ3n) is 3.57. The number of aromatic carboxylic acids is 4. The van der Waals surface area contributed by atoms with Gasteiger partial charge < -0.3 is 25.2 Å². The summed E-state index contributed by atoms with van der Waals surface area (Å²) in [4.78, 5) is 44.6. The Balaban J connectivity index is 2.71. The molecule has 0 unspecified atom stereocenters. The largest absolute Gasteiger partial charge is 0.478 e. The maximum absolute atomic E-state index is 13.5. The molecule has 0 amide bonds. The fraction of sp³-hybridized carbons (Fsp3) is 0.0588. The Morgan fingerprint density at radius 1 is 0.724 bits per heavy atom. The minimum Gasteiger partial charge on any atom is -0.478 e. The summed E-state index contributed by atoms with van der Waals surface area (Å²) in [6.07, 6.45) is -5.34. The van der Waals surface area contributed by atoms with Gasteiger partial charge in [-0.2, -0.15) is 13.2 Å². The molecular weight excluding hydrogens is 405 g/mol. The molecule has 9 nitrogen and oxygen atoms in total. The molecule has 0 aliphatic rings. The fourth-order valence-corrected chi connectivity index (χ4v) is 2.43. The van der Waals surface area contributed by atoms with Gasteiger partial charge in [-0.15, -0.1) is 0 Å². The molecule has 2 aromatic carbocycles. The van der Waals surface area contributed by atoms with Crippen LogP contribution in [0.5, 0.6) is 11.5 Å². The highest BCUT2D eigenvalue weighted by atomic mass is 19.4. The summed E-state index contributed by atoms with van der Waals surface area (Å²) in [5.41, 5.74) is -6.05. The predicted molar refractivity (Wildman–Crippen MR) is 85.8 cm³/mol. The average molecular weight is 414 g/mol. The first-order chi connectivity index (χ1) is 13.3. The molecule has 29 heavy (non-hydrogen) atoms. The first-order valence-electron chi connectivity index (χ1n) is 7.33. The number of carboxylic acids is 4. The van der Waals surface area contributed by atoms with E-state index in [1.165, 1.54) is 0 Å². The molecule has 0 aromatic heterocycles. The van der Waals surface area contributed by atoms with Crippen molar-refractivity contribution in [3.05, 3.63) is 58.1 Å². The van der Waals surface area contributed by atoms with E-state index in [2.05, 4.69) is 0 Å². The summed E-state index contributed by atoms with van der Waals surface area (Å²) in [5, 5.41) is 36.1. The molecule has 2 aromatic rings. The van der Waals surface area contributed by atoms with Crippen LogP contribution in [-0.4, -0.2) is 44.3 Å². The Hall–Kier alpha value is -4.09. The van der Waals surface area contributed by atoms with Gasteiger partial charge in [-0.3, -0.25) is 0 Å². The number of carboxylic acid groups (broad SMARTS) is 4. The van der Waals surface area contributed by atoms with Crippen molar-refractivity contribution in [3.8, 4) is 11.5 Å². The quantitative estimate of drug-likeness (QED) is 0.556.